The molecule has 22 heavy (non-hydrogen) atoms. The monoisotopic (exact) mass is 302 g/mol. The summed E-state index contributed by atoms with van der Waals surface area (Å²) in [6.07, 6.45) is 5.94. The van der Waals surface area contributed by atoms with Crippen molar-refractivity contribution in [1.29, 1.82) is 0 Å². The highest BCUT2D eigenvalue weighted by molar-refractivity contribution is 5.86. The van der Waals surface area contributed by atoms with Gasteiger partial charge in [0.25, 0.3) is 0 Å². The molecule has 1 aliphatic rings. The van der Waals surface area contributed by atoms with E-state index in [0.29, 0.717) is 18.5 Å². The Bertz CT molecular complexity index is 481. The van der Waals surface area contributed by atoms with E-state index in [1.807, 2.05) is 18.2 Å². The Hall–Kier alpha value is -2.04. The summed E-state index contributed by atoms with van der Waals surface area (Å²) in [7, 11) is 1.71. The van der Waals surface area contributed by atoms with Crippen LogP contribution < -0.4 is 16.0 Å². The molecule has 1 aromatic rings. The Morgan fingerprint density at radius 3 is 2.55 bits per heavy atom. The SMILES string of the molecule is CN=C(NCC(=O)NC1CCCCC1)NCc1ccccc1. The van der Waals surface area contributed by atoms with E-state index in [9.17, 15) is 4.79 Å². The average molecular weight is 302 g/mol. The molecular weight excluding hydrogens is 276 g/mol. The highest BCUT2D eigenvalue weighted by Gasteiger charge is 2.15. The number of guanidine groups is 1. The van der Waals surface area contributed by atoms with E-state index >= 15 is 0 Å². The zero-order valence-corrected chi connectivity index (χ0v) is 13.3. The number of benzene rings is 1. The molecule has 5 nitrogen and oxygen atoms in total. The van der Waals surface area contributed by atoms with Crippen LogP contribution in [-0.4, -0.2) is 31.5 Å². The first-order chi connectivity index (χ1) is 10.8. The van der Waals surface area contributed by atoms with Crippen molar-refractivity contribution in [1.82, 2.24) is 16.0 Å². The topological polar surface area (TPSA) is 65.5 Å². The molecule has 1 aromatic carbocycles. The minimum atomic E-state index is 0.0366. The molecule has 0 spiro atoms. The summed E-state index contributed by atoms with van der Waals surface area (Å²) in [4.78, 5) is 16.1. The quantitative estimate of drug-likeness (QED) is 0.574. The number of hydrogen-bond acceptors (Lipinski definition) is 2. The number of hydrogen-bond donors (Lipinski definition) is 3. The third-order valence-electron chi connectivity index (χ3n) is 3.91. The molecule has 0 aliphatic heterocycles. The zero-order chi connectivity index (χ0) is 15.6. The Labute approximate surface area is 132 Å². The molecule has 0 atom stereocenters. The third kappa shape index (κ3) is 5.76. The van der Waals surface area contributed by atoms with Crippen molar-refractivity contribution < 1.29 is 4.79 Å². The zero-order valence-electron chi connectivity index (χ0n) is 13.3. The molecule has 1 aliphatic carbocycles. The molecule has 0 radical (unpaired) electrons. The summed E-state index contributed by atoms with van der Waals surface area (Å²) in [5.41, 5.74) is 1.18. The summed E-state index contributed by atoms with van der Waals surface area (Å²) in [6.45, 7) is 0.940. The number of carbonyl (C=O) groups is 1. The lowest BCUT2D eigenvalue weighted by Gasteiger charge is -2.23. The largest absolute Gasteiger partial charge is 0.352 e. The maximum Gasteiger partial charge on any atom is 0.239 e. The van der Waals surface area contributed by atoms with E-state index in [-0.39, 0.29) is 12.5 Å². The Morgan fingerprint density at radius 2 is 1.86 bits per heavy atom. The summed E-state index contributed by atoms with van der Waals surface area (Å²) in [5, 5.41) is 9.35. The van der Waals surface area contributed by atoms with Crippen molar-refractivity contribution in [2.75, 3.05) is 13.6 Å². The summed E-state index contributed by atoms with van der Waals surface area (Å²) >= 11 is 0. The van der Waals surface area contributed by atoms with E-state index < -0.39 is 0 Å². The van der Waals surface area contributed by atoms with Crippen LogP contribution in [0.3, 0.4) is 0 Å². The van der Waals surface area contributed by atoms with Crippen LogP contribution in [-0.2, 0) is 11.3 Å². The normalized spacial score (nSPS) is 16.1. The first kappa shape index (κ1) is 16.3. The van der Waals surface area contributed by atoms with Crippen LogP contribution in [0.15, 0.2) is 35.3 Å². The fraction of sp³-hybridized carbons (Fsp3) is 0.529. The Kier molecular flexibility index (Phi) is 6.74. The number of rotatable bonds is 5. The second-order valence-electron chi connectivity index (χ2n) is 5.67. The van der Waals surface area contributed by atoms with Gasteiger partial charge in [-0.3, -0.25) is 9.79 Å². The van der Waals surface area contributed by atoms with Gasteiger partial charge in [-0.05, 0) is 18.4 Å². The van der Waals surface area contributed by atoms with E-state index in [1.165, 1.54) is 24.8 Å². The molecule has 0 bridgehead atoms. The smallest absolute Gasteiger partial charge is 0.239 e. The number of amides is 1. The lowest BCUT2D eigenvalue weighted by atomic mass is 9.95. The second-order valence-corrected chi connectivity index (χ2v) is 5.67. The third-order valence-corrected chi connectivity index (χ3v) is 3.91. The summed E-state index contributed by atoms with van der Waals surface area (Å²) in [5.74, 6) is 0.678. The number of carbonyl (C=O) groups excluding carboxylic acids is 1. The van der Waals surface area contributed by atoms with Crippen LogP contribution in [0.1, 0.15) is 37.7 Å². The predicted octanol–water partition coefficient (Wildman–Crippen LogP) is 1.80. The lowest BCUT2D eigenvalue weighted by Crippen LogP contribution is -2.45. The molecule has 0 saturated heterocycles. The van der Waals surface area contributed by atoms with Gasteiger partial charge in [-0.1, -0.05) is 49.6 Å². The maximum atomic E-state index is 11.9. The molecule has 1 saturated carbocycles. The van der Waals surface area contributed by atoms with Gasteiger partial charge in [0.15, 0.2) is 5.96 Å². The number of aliphatic imine (C=N–C) groups is 1. The van der Waals surface area contributed by atoms with Crippen molar-refractivity contribution in [2.24, 2.45) is 4.99 Å². The van der Waals surface area contributed by atoms with Gasteiger partial charge >= 0.3 is 0 Å². The van der Waals surface area contributed by atoms with Gasteiger partial charge in [-0.25, -0.2) is 0 Å². The summed E-state index contributed by atoms with van der Waals surface area (Å²) < 4.78 is 0. The van der Waals surface area contributed by atoms with Crippen molar-refractivity contribution in [3.63, 3.8) is 0 Å². The van der Waals surface area contributed by atoms with Crippen LogP contribution in [0.5, 0.6) is 0 Å². The lowest BCUT2D eigenvalue weighted by molar-refractivity contribution is -0.120. The van der Waals surface area contributed by atoms with Gasteiger partial charge in [0.2, 0.25) is 5.91 Å². The van der Waals surface area contributed by atoms with Gasteiger partial charge < -0.3 is 16.0 Å². The molecule has 2 rings (SSSR count). The average Bonchev–Trinajstić information content (AvgIpc) is 2.57. The van der Waals surface area contributed by atoms with Gasteiger partial charge in [0.05, 0.1) is 6.54 Å². The van der Waals surface area contributed by atoms with Gasteiger partial charge in [0.1, 0.15) is 0 Å². The van der Waals surface area contributed by atoms with Crippen LogP contribution >= 0.6 is 0 Å². The van der Waals surface area contributed by atoms with Crippen molar-refractivity contribution in [3.05, 3.63) is 35.9 Å². The predicted molar refractivity (Wildman–Crippen MR) is 89.7 cm³/mol. The first-order valence-corrected chi connectivity index (χ1v) is 8.06. The fourth-order valence-electron chi connectivity index (χ4n) is 2.69. The number of nitrogens with zero attached hydrogens (tertiary/aromatic N) is 1. The minimum Gasteiger partial charge on any atom is -0.352 e. The summed E-state index contributed by atoms with van der Waals surface area (Å²) in [6, 6.07) is 10.5. The second kappa shape index (κ2) is 9.07. The van der Waals surface area contributed by atoms with Crippen molar-refractivity contribution in [3.8, 4) is 0 Å². The Morgan fingerprint density at radius 1 is 1.14 bits per heavy atom. The highest BCUT2D eigenvalue weighted by Crippen LogP contribution is 2.16. The standard InChI is InChI=1S/C17H26N4O/c1-18-17(19-12-14-8-4-2-5-9-14)20-13-16(22)21-15-10-6-3-7-11-15/h2,4-5,8-9,15H,3,6-7,10-13H2,1H3,(H,21,22)(H2,18,19,20). The fourth-order valence-corrected chi connectivity index (χ4v) is 2.69. The molecule has 1 fully saturated rings. The molecule has 0 heterocycles. The molecule has 0 aromatic heterocycles. The van der Waals surface area contributed by atoms with Crippen LogP contribution in [0.4, 0.5) is 0 Å². The molecule has 3 N–H and O–H groups in total. The van der Waals surface area contributed by atoms with Crippen LogP contribution in [0.25, 0.3) is 0 Å². The van der Waals surface area contributed by atoms with Gasteiger partial charge in [-0.15, -0.1) is 0 Å². The molecule has 0 unspecified atom stereocenters. The number of nitrogens with one attached hydrogen (secondary N) is 3. The maximum absolute atomic E-state index is 11.9. The van der Waals surface area contributed by atoms with E-state index in [0.717, 1.165) is 12.8 Å². The molecule has 120 valence electrons. The molecule has 1 amide bonds. The molecule has 5 heteroatoms. The van der Waals surface area contributed by atoms with Crippen LogP contribution in [0.2, 0.25) is 0 Å². The van der Waals surface area contributed by atoms with E-state index in [4.69, 9.17) is 0 Å². The minimum absolute atomic E-state index is 0.0366. The first-order valence-electron chi connectivity index (χ1n) is 8.06. The van der Waals surface area contributed by atoms with Gasteiger partial charge in [0, 0.05) is 19.6 Å². The van der Waals surface area contributed by atoms with Gasteiger partial charge in [-0.2, -0.15) is 0 Å². The van der Waals surface area contributed by atoms with Crippen molar-refractivity contribution in [2.45, 2.75) is 44.7 Å². The van der Waals surface area contributed by atoms with E-state index in [2.05, 4.69) is 33.1 Å². The van der Waals surface area contributed by atoms with E-state index in [1.54, 1.807) is 7.05 Å². The van der Waals surface area contributed by atoms with Crippen molar-refractivity contribution >= 4 is 11.9 Å². The molecular formula is C17H26N4O. The highest BCUT2D eigenvalue weighted by atomic mass is 16.2. The Balaban J connectivity index is 1.68. The van der Waals surface area contributed by atoms with Crippen LogP contribution in [0, 0.1) is 0 Å².